The molecule has 2 aromatic heterocycles. The van der Waals surface area contributed by atoms with Crippen molar-refractivity contribution in [1.82, 2.24) is 19.5 Å². The van der Waals surface area contributed by atoms with Crippen LogP contribution in [-0.2, 0) is 11.1 Å². The number of aromatic amines is 1. The van der Waals surface area contributed by atoms with Crippen molar-refractivity contribution in [3.05, 3.63) is 16.7 Å². The van der Waals surface area contributed by atoms with Crippen molar-refractivity contribution in [2.45, 2.75) is 25.8 Å². The Kier molecular flexibility index (Phi) is 3.16. The fourth-order valence-electron chi connectivity index (χ4n) is 2.49. The van der Waals surface area contributed by atoms with Crippen LogP contribution >= 0.6 is 7.60 Å². The number of nitrogen functional groups attached to an aromatic ring is 1. The summed E-state index contributed by atoms with van der Waals surface area (Å²) in [4.78, 5) is 40.2. The van der Waals surface area contributed by atoms with E-state index in [1.807, 2.05) is 0 Å². The Balaban J connectivity index is 1.85. The molecule has 0 bridgehead atoms. The molecule has 0 aliphatic heterocycles. The summed E-state index contributed by atoms with van der Waals surface area (Å²) >= 11 is 0. The highest BCUT2D eigenvalue weighted by Crippen LogP contribution is 2.53. The van der Waals surface area contributed by atoms with Gasteiger partial charge >= 0.3 is 7.60 Å². The predicted octanol–water partition coefficient (Wildman–Crippen LogP) is 0.0498. The monoisotopic (exact) mass is 313 g/mol. The van der Waals surface area contributed by atoms with Crippen molar-refractivity contribution in [3.8, 4) is 0 Å². The maximum atomic E-state index is 11.7. The lowest BCUT2D eigenvalue weighted by atomic mass is 10.0. The minimum absolute atomic E-state index is 0.0225. The average molecular weight is 313 g/mol. The maximum absolute atomic E-state index is 11.7. The number of aromatic nitrogens is 4. The Morgan fingerprint density at radius 3 is 2.81 bits per heavy atom. The van der Waals surface area contributed by atoms with Gasteiger partial charge in [-0.05, 0) is 24.7 Å². The number of nitrogens with two attached hydrogens (primary N) is 1. The van der Waals surface area contributed by atoms with Crippen LogP contribution in [0.2, 0.25) is 0 Å². The average Bonchev–Trinajstić information content (AvgIpc) is 3.02. The highest BCUT2D eigenvalue weighted by atomic mass is 31.2. The van der Waals surface area contributed by atoms with Crippen molar-refractivity contribution in [1.29, 1.82) is 0 Å². The van der Waals surface area contributed by atoms with Crippen LogP contribution in [0, 0.1) is 5.41 Å². The number of fused-ring (bicyclic) bond motifs is 1. The molecule has 1 saturated carbocycles. The third-order valence-electron chi connectivity index (χ3n) is 3.89. The molecule has 2 heterocycles. The lowest BCUT2D eigenvalue weighted by Gasteiger charge is -2.16. The molecule has 0 aromatic carbocycles. The van der Waals surface area contributed by atoms with Crippen LogP contribution in [-0.4, -0.2) is 35.5 Å². The number of nitrogens with one attached hydrogen (secondary N) is 1. The summed E-state index contributed by atoms with van der Waals surface area (Å²) in [5.74, 6) is 0.0225. The highest BCUT2D eigenvalue weighted by molar-refractivity contribution is 7.51. The van der Waals surface area contributed by atoms with Gasteiger partial charge in [0.05, 0.1) is 12.5 Å². The summed E-state index contributed by atoms with van der Waals surface area (Å²) in [6.07, 6.45) is 3.62. The Labute approximate surface area is 119 Å². The van der Waals surface area contributed by atoms with Crippen molar-refractivity contribution in [2.24, 2.45) is 5.41 Å². The normalized spacial score (nSPS) is 17.2. The van der Waals surface area contributed by atoms with E-state index in [2.05, 4.69) is 15.0 Å². The lowest BCUT2D eigenvalue weighted by molar-refractivity contribution is 0.352. The first-order valence-corrected chi connectivity index (χ1v) is 8.33. The van der Waals surface area contributed by atoms with Gasteiger partial charge in [-0.15, -0.1) is 0 Å². The molecule has 0 radical (unpaired) electrons. The summed E-state index contributed by atoms with van der Waals surface area (Å²) in [6, 6.07) is 0. The molecule has 1 fully saturated rings. The van der Waals surface area contributed by atoms with E-state index in [-0.39, 0.29) is 23.0 Å². The first-order valence-electron chi connectivity index (χ1n) is 6.53. The van der Waals surface area contributed by atoms with Gasteiger partial charge < -0.3 is 20.1 Å². The molecule has 3 rings (SSSR count). The molecule has 1 aliphatic carbocycles. The van der Waals surface area contributed by atoms with Crippen molar-refractivity contribution in [2.75, 3.05) is 11.9 Å². The molecule has 114 valence electrons. The zero-order valence-electron chi connectivity index (χ0n) is 11.2. The van der Waals surface area contributed by atoms with Crippen LogP contribution in [0.4, 0.5) is 5.95 Å². The summed E-state index contributed by atoms with van der Waals surface area (Å²) < 4.78 is 12.7. The van der Waals surface area contributed by atoms with Crippen LogP contribution in [0.25, 0.3) is 11.2 Å². The number of nitrogens with zero attached hydrogens (tertiary/aromatic N) is 3. The molecule has 9 nitrogen and oxygen atoms in total. The van der Waals surface area contributed by atoms with Gasteiger partial charge in [0.1, 0.15) is 0 Å². The van der Waals surface area contributed by atoms with Gasteiger partial charge in [-0.1, -0.05) is 0 Å². The zero-order chi connectivity index (χ0) is 15.3. The third kappa shape index (κ3) is 2.99. The van der Waals surface area contributed by atoms with Gasteiger partial charge in [-0.3, -0.25) is 14.3 Å². The second kappa shape index (κ2) is 4.66. The fourth-order valence-corrected chi connectivity index (χ4v) is 3.26. The van der Waals surface area contributed by atoms with Crippen molar-refractivity contribution < 1.29 is 14.4 Å². The van der Waals surface area contributed by atoms with Crippen LogP contribution in [0.1, 0.15) is 19.3 Å². The Morgan fingerprint density at radius 2 is 2.19 bits per heavy atom. The number of rotatable bonds is 5. The molecule has 0 spiro atoms. The van der Waals surface area contributed by atoms with Crippen LogP contribution in [0.15, 0.2) is 11.1 Å². The van der Waals surface area contributed by atoms with Crippen molar-refractivity contribution >= 4 is 24.7 Å². The number of H-pyrrole nitrogens is 1. The predicted molar refractivity (Wildman–Crippen MR) is 75.8 cm³/mol. The molecule has 2 aromatic rings. The van der Waals surface area contributed by atoms with Crippen LogP contribution in [0.5, 0.6) is 0 Å². The zero-order valence-corrected chi connectivity index (χ0v) is 12.1. The number of hydrogen-bond acceptors (Lipinski definition) is 5. The number of anilines is 1. The minimum atomic E-state index is -3.99. The quantitative estimate of drug-likeness (QED) is 0.570. The molecule has 10 heteroatoms. The van der Waals surface area contributed by atoms with E-state index >= 15 is 0 Å². The Bertz CT molecular complexity index is 787. The second-order valence-electron chi connectivity index (χ2n) is 5.63. The highest BCUT2D eigenvalue weighted by Gasteiger charge is 2.44. The first kappa shape index (κ1) is 14.2. The summed E-state index contributed by atoms with van der Waals surface area (Å²) in [7, 11) is -3.99. The topological polar surface area (TPSA) is 147 Å². The van der Waals surface area contributed by atoms with Crippen LogP contribution < -0.4 is 11.3 Å². The van der Waals surface area contributed by atoms with E-state index in [1.165, 1.54) is 6.33 Å². The first-order chi connectivity index (χ1) is 9.78. The molecule has 21 heavy (non-hydrogen) atoms. The summed E-state index contributed by atoms with van der Waals surface area (Å²) in [6.45, 7) is 0.527. The standard InChI is InChI=1S/C11H16N5O4P/c12-10-14-8-7(9(17)15-10)13-6-16(8)5-11(1-2-11)3-4-21(18,19)20/h6H,1-5H2,(H2,18,19,20)(H3,12,14,15,17). The van der Waals surface area contributed by atoms with E-state index in [4.69, 9.17) is 15.5 Å². The Morgan fingerprint density at radius 1 is 1.48 bits per heavy atom. The fraction of sp³-hybridized carbons (Fsp3) is 0.545. The van der Waals surface area contributed by atoms with E-state index in [9.17, 15) is 9.36 Å². The molecule has 0 atom stereocenters. The maximum Gasteiger partial charge on any atom is 0.325 e. The molecular formula is C11H16N5O4P. The van der Waals surface area contributed by atoms with Gasteiger partial charge in [-0.25, -0.2) is 4.98 Å². The van der Waals surface area contributed by atoms with Crippen LogP contribution in [0.3, 0.4) is 0 Å². The van der Waals surface area contributed by atoms with Crippen molar-refractivity contribution in [3.63, 3.8) is 0 Å². The molecule has 0 saturated heterocycles. The van der Waals surface area contributed by atoms with E-state index < -0.39 is 13.2 Å². The van der Waals surface area contributed by atoms with E-state index in [1.54, 1.807) is 4.57 Å². The van der Waals surface area contributed by atoms with Gasteiger partial charge in [0.2, 0.25) is 5.95 Å². The molecule has 0 amide bonds. The SMILES string of the molecule is Nc1nc2c(ncn2CC2(CCP(=O)(O)O)CC2)c(=O)[nH]1. The number of imidazole rings is 1. The van der Waals surface area contributed by atoms with E-state index in [0.717, 1.165) is 12.8 Å². The van der Waals surface area contributed by atoms with Gasteiger partial charge in [0.15, 0.2) is 11.2 Å². The minimum Gasteiger partial charge on any atom is -0.369 e. The third-order valence-corrected chi connectivity index (χ3v) is 4.70. The Hall–Kier alpha value is -1.70. The molecule has 0 unspecified atom stereocenters. The summed E-state index contributed by atoms with van der Waals surface area (Å²) in [5.41, 5.74) is 5.62. The lowest BCUT2D eigenvalue weighted by Crippen LogP contribution is -2.16. The van der Waals surface area contributed by atoms with Gasteiger partial charge in [0.25, 0.3) is 5.56 Å². The smallest absolute Gasteiger partial charge is 0.325 e. The van der Waals surface area contributed by atoms with E-state index in [0.29, 0.717) is 18.6 Å². The van der Waals surface area contributed by atoms with Gasteiger partial charge in [0, 0.05) is 6.54 Å². The number of hydrogen-bond donors (Lipinski definition) is 4. The second-order valence-corrected chi connectivity index (χ2v) is 7.41. The summed E-state index contributed by atoms with van der Waals surface area (Å²) in [5, 5.41) is 0. The molecule has 5 N–H and O–H groups in total. The molecular weight excluding hydrogens is 297 g/mol. The van der Waals surface area contributed by atoms with Gasteiger partial charge in [-0.2, -0.15) is 4.98 Å². The largest absolute Gasteiger partial charge is 0.369 e. The molecule has 1 aliphatic rings.